The molecule has 0 aliphatic heterocycles. The Morgan fingerprint density at radius 2 is 1.94 bits per heavy atom. The van der Waals surface area contributed by atoms with Crippen molar-refractivity contribution >= 4 is 6.79 Å². The van der Waals surface area contributed by atoms with Crippen molar-refractivity contribution in [1.82, 2.24) is 14.8 Å². The summed E-state index contributed by atoms with van der Waals surface area (Å²) < 4.78 is 5.41. The Morgan fingerprint density at radius 1 is 1.16 bits per heavy atom. The van der Waals surface area contributed by atoms with E-state index in [0.717, 1.165) is 49.3 Å². The number of rotatable bonds is 13. The second-order valence-corrected chi connectivity index (χ2v) is 7.43. The van der Waals surface area contributed by atoms with Crippen molar-refractivity contribution in [2.24, 2.45) is 5.73 Å². The van der Waals surface area contributed by atoms with Crippen LogP contribution in [-0.2, 0) is 22.6 Å². The van der Waals surface area contributed by atoms with Gasteiger partial charge in [-0.3, -0.25) is 14.8 Å². The van der Waals surface area contributed by atoms with Crippen LogP contribution in [0.25, 0.3) is 11.1 Å². The fourth-order valence-electron chi connectivity index (χ4n) is 3.41. The fraction of sp³-hybridized carbons (Fsp3) is 0.500. The summed E-state index contributed by atoms with van der Waals surface area (Å²) in [7, 11) is 3.70. The van der Waals surface area contributed by atoms with Gasteiger partial charge in [0, 0.05) is 45.0 Å². The van der Waals surface area contributed by atoms with Crippen molar-refractivity contribution in [1.29, 1.82) is 0 Å². The van der Waals surface area contributed by atoms with Crippen LogP contribution in [0.4, 0.5) is 0 Å². The summed E-state index contributed by atoms with van der Waals surface area (Å²) in [4.78, 5) is 17.0. The maximum absolute atomic E-state index is 9.28. The van der Waals surface area contributed by atoms with Gasteiger partial charge in [0.05, 0.1) is 12.3 Å². The standard InChI is InChI=1S/C23H36N4O2.CH2O/c1-4-5-11-27(12-13-28)18-22-10-9-21(16-25-22)20-8-6-7-19(14-20)17-26(2)23(15-24)29-3;1-2/h6-10,14,16,23,28H,4-5,11-13,15,17-18,24H2,1-3H3;1H2. The zero-order valence-electron chi connectivity index (χ0n) is 19.2. The Kier molecular flexibility index (Phi) is 13.5. The molecular formula is C24H38N4O3. The van der Waals surface area contributed by atoms with Gasteiger partial charge in [-0.1, -0.05) is 37.6 Å². The lowest BCUT2D eigenvalue weighted by Crippen LogP contribution is -2.38. The Balaban J connectivity index is 0.00000233. The molecule has 1 aromatic heterocycles. The first-order valence-corrected chi connectivity index (χ1v) is 10.7. The maximum atomic E-state index is 9.28. The normalized spacial score (nSPS) is 12.0. The molecule has 1 heterocycles. The monoisotopic (exact) mass is 430 g/mol. The Morgan fingerprint density at radius 3 is 2.52 bits per heavy atom. The third-order valence-corrected chi connectivity index (χ3v) is 5.11. The van der Waals surface area contributed by atoms with Gasteiger partial charge in [-0.15, -0.1) is 0 Å². The van der Waals surface area contributed by atoms with Crippen LogP contribution in [0.2, 0.25) is 0 Å². The van der Waals surface area contributed by atoms with E-state index >= 15 is 0 Å². The predicted molar refractivity (Wildman–Crippen MR) is 125 cm³/mol. The number of aromatic nitrogens is 1. The number of nitrogens with zero attached hydrogens (tertiary/aromatic N) is 3. The highest BCUT2D eigenvalue weighted by molar-refractivity contribution is 5.63. The largest absolute Gasteiger partial charge is 0.395 e. The van der Waals surface area contributed by atoms with Gasteiger partial charge in [-0.05, 0) is 43.3 Å². The Hall–Kier alpha value is -2.16. The molecule has 7 heteroatoms. The van der Waals surface area contributed by atoms with Gasteiger partial charge >= 0.3 is 0 Å². The minimum atomic E-state index is -0.0887. The number of carbonyl (C=O) groups is 1. The number of hydrogen-bond donors (Lipinski definition) is 2. The van der Waals surface area contributed by atoms with Crippen molar-refractivity contribution in [2.75, 3.05) is 40.4 Å². The number of nitrogens with two attached hydrogens (primary N) is 1. The smallest absolute Gasteiger partial charge is 0.122 e. The van der Waals surface area contributed by atoms with Gasteiger partial charge in [-0.25, -0.2) is 0 Å². The van der Waals surface area contributed by atoms with Crippen molar-refractivity contribution in [3.05, 3.63) is 53.9 Å². The minimum Gasteiger partial charge on any atom is -0.395 e. The lowest BCUT2D eigenvalue weighted by molar-refractivity contribution is -0.0979. The van der Waals surface area contributed by atoms with Crippen LogP contribution in [0.5, 0.6) is 0 Å². The van der Waals surface area contributed by atoms with Crippen molar-refractivity contribution < 1.29 is 14.6 Å². The highest BCUT2D eigenvalue weighted by Crippen LogP contribution is 2.21. The number of aliphatic hydroxyl groups excluding tert-OH is 1. The minimum absolute atomic E-state index is 0.0887. The third kappa shape index (κ3) is 9.25. The first-order chi connectivity index (χ1) is 15.1. The molecule has 1 atom stereocenters. The van der Waals surface area contributed by atoms with Gasteiger partial charge in [0.25, 0.3) is 0 Å². The molecule has 7 nitrogen and oxygen atoms in total. The van der Waals surface area contributed by atoms with E-state index in [1.54, 1.807) is 7.11 Å². The summed E-state index contributed by atoms with van der Waals surface area (Å²) in [5.41, 5.74) is 10.2. The highest BCUT2D eigenvalue weighted by Gasteiger charge is 2.12. The summed E-state index contributed by atoms with van der Waals surface area (Å²) in [6.45, 7) is 8.03. The van der Waals surface area contributed by atoms with E-state index in [-0.39, 0.29) is 12.8 Å². The SMILES string of the molecule is C=O.CCCCN(CCO)Cc1ccc(-c2cccc(CN(C)C(CN)OC)c2)cn1. The first kappa shape index (κ1) is 26.9. The number of likely N-dealkylation sites (N-methyl/N-ethyl adjacent to an activating group) is 1. The van der Waals surface area contributed by atoms with Gasteiger partial charge in [-0.2, -0.15) is 0 Å². The molecule has 0 amide bonds. The van der Waals surface area contributed by atoms with E-state index in [4.69, 9.17) is 15.3 Å². The second kappa shape index (κ2) is 15.6. The van der Waals surface area contributed by atoms with E-state index in [1.165, 1.54) is 5.56 Å². The molecule has 1 unspecified atom stereocenters. The molecule has 0 bridgehead atoms. The van der Waals surface area contributed by atoms with Gasteiger partial charge in [0.15, 0.2) is 0 Å². The molecular weight excluding hydrogens is 392 g/mol. The summed E-state index contributed by atoms with van der Waals surface area (Å²) in [6, 6.07) is 12.7. The summed E-state index contributed by atoms with van der Waals surface area (Å²) in [5.74, 6) is 0. The number of carbonyl (C=O) groups excluding carboxylic acids is 1. The molecule has 2 aromatic rings. The molecule has 0 aliphatic rings. The van der Waals surface area contributed by atoms with Crippen LogP contribution in [0, 0.1) is 0 Å². The summed E-state index contributed by atoms with van der Waals surface area (Å²) in [5, 5.41) is 9.28. The Bertz CT molecular complexity index is 723. The topological polar surface area (TPSA) is 91.9 Å². The molecule has 0 fully saturated rings. The number of unbranched alkanes of at least 4 members (excludes halogenated alkanes) is 1. The van der Waals surface area contributed by atoms with Crippen LogP contribution in [0.15, 0.2) is 42.6 Å². The number of benzene rings is 1. The molecule has 172 valence electrons. The average Bonchev–Trinajstić information content (AvgIpc) is 2.80. The van der Waals surface area contributed by atoms with Crippen molar-refractivity contribution in [3.8, 4) is 11.1 Å². The number of pyridine rings is 1. The molecule has 0 aliphatic carbocycles. The van der Waals surface area contributed by atoms with Gasteiger partial charge < -0.3 is 20.4 Å². The first-order valence-electron chi connectivity index (χ1n) is 10.7. The lowest BCUT2D eigenvalue weighted by atomic mass is 10.0. The fourth-order valence-corrected chi connectivity index (χ4v) is 3.41. The molecule has 0 radical (unpaired) electrons. The van der Waals surface area contributed by atoms with Crippen molar-refractivity contribution in [2.45, 2.75) is 39.1 Å². The lowest BCUT2D eigenvalue weighted by Gasteiger charge is -2.25. The van der Waals surface area contributed by atoms with E-state index in [2.05, 4.69) is 58.1 Å². The van der Waals surface area contributed by atoms with Gasteiger partial charge in [0.2, 0.25) is 0 Å². The average molecular weight is 431 g/mol. The summed E-state index contributed by atoms with van der Waals surface area (Å²) in [6.07, 6.45) is 4.13. The maximum Gasteiger partial charge on any atom is 0.122 e. The summed E-state index contributed by atoms with van der Waals surface area (Å²) >= 11 is 0. The van der Waals surface area contributed by atoms with E-state index in [9.17, 15) is 5.11 Å². The molecule has 1 aromatic carbocycles. The predicted octanol–water partition coefficient (Wildman–Crippen LogP) is 2.52. The van der Waals surface area contributed by atoms with Crippen LogP contribution in [0.3, 0.4) is 0 Å². The molecule has 0 spiro atoms. The molecule has 2 rings (SSSR count). The Labute approximate surface area is 186 Å². The third-order valence-electron chi connectivity index (χ3n) is 5.11. The highest BCUT2D eigenvalue weighted by atomic mass is 16.5. The second-order valence-electron chi connectivity index (χ2n) is 7.43. The van der Waals surface area contributed by atoms with Crippen molar-refractivity contribution in [3.63, 3.8) is 0 Å². The quantitative estimate of drug-likeness (QED) is 0.472. The molecule has 3 N–H and O–H groups in total. The van der Waals surface area contributed by atoms with Crippen LogP contribution < -0.4 is 5.73 Å². The molecule has 0 saturated carbocycles. The zero-order chi connectivity index (χ0) is 23.1. The van der Waals surface area contributed by atoms with Crippen LogP contribution >= 0.6 is 0 Å². The molecule has 31 heavy (non-hydrogen) atoms. The van der Waals surface area contributed by atoms with E-state index < -0.39 is 0 Å². The van der Waals surface area contributed by atoms with Gasteiger partial charge in [0.1, 0.15) is 13.0 Å². The van der Waals surface area contributed by atoms with E-state index in [0.29, 0.717) is 13.1 Å². The number of hydrogen-bond acceptors (Lipinski definition) is 7. The number of methoxy groups -OCH3 is 1. The van der Waals surface area contributed by atoms with Crippen LogP contribution in [-0.4, -0.2) is 73.3 Å². The van der Waals surface area contributed by atoms with Crippen LogP contribution in [0.1, 0.15) is 31.0 Å². The molecule has 0 saturated heterocycles. The number of aliphatic hydroxyl groups is 1. The zero-order valence-corrected chi connectivity index (χ0v) is 19.2. The van der Waals surface area contributed by atoms with E-state index in [1.807, 2.05) is 20.0 Å². The number of ether oxygens (including phenoxy) is 1.